The number of ketones is 1. The van der Waals surface area contributed by atoms with Crippen molar-refractivity contribution < 1.29 is 24.1 Å². The molecular weight excluding hydrogens is 440 g/mol. The Balaban J connectivity index is 1.33. The average molecular weight is 469 g/mol. The number of benzene rings is 4. The second-order valence-corrected chi connectivity index (χ2v) is 8.18. The standard InChI is InChI=1S/C30H28O5/c1-22(32)29-17-26(21-34-27-12-7-23(18-31)8-13-27)11-16-30(29)35-20-25-9-14-28(15-10-25)33-19-24-5-3-2-4-6-24/h2-17,31H,18-21H2,1H3. The Morgan fingerprint density at radius 2 is 1.14 bits per heavy atom. The second-order valence-electron chi connectivity index (χ2n) is 8.18. The van der Waals surface area contributed by atoms with E-state index in [-0.39, 0.29) is 12.4 Å². The van der Waals surface area contributed by atoms with Gasteiger partial charge < -0.3 is 19.3 Å². The molecule has 0 amide bonds. The molecule has 0 radical (unpaired) electrons. The van der Waals surface area contributed by atoms with Crippen LogP contribution in [-0.2, 0) is 26.4 Å². The molecule has 0 aliphatic rings. The summed E-state index contributed by atoms with van der Waals surface area (Å²) in [5.74, 6) is 1.96. The number of carbonyl (C=O) groups is 1. The highest BCUT2D eigenvalue weighted by Crippen LogP contribution is 2.24. The van der Waals surface area contributed by atoms with Gasteiger partial charge in [-0.3, -0.25) is 4.79 Å². The molecule has 0 aliphatic heterocycles. The maximum atomic E-state index is 12.2. The summed E-state index contributed by atoms with van der Waals surface area (Å²) >= 11 is 0. The number of hydrogen-bond acceptors (Lipinski definition) is 5. The summed E-state index contributed by atoms with van der Waals surface area (Å²) in [7, 11) is 0. The fourth-order valence-corrected chi connectivity index (χ4v) is 3.51. The molecule has 0 bridgehead atoms. The van der Waals surface area contributed by atoms with E-state index in [1.807, 2.05) is 91.0 Å². The van der Waals surface area contributed by atoms with Crippen LogP contribution in [0.15, 0.2) is 97.1 Å². The quantitative estimate of drug-likeness (QED) is 0.269. The molecule has 4 aromatic carbocycles. The zero-order valence-corrected chi connectivity index (χ0v) is 19.6. The van der Waals surface area contributed by atoms with Gasteiger partial charge in [-0.1, -0.05) is 60.7 Å². The number of carbonyl (C=O) groups excluding carboxylic acids is 1. The highest BCUT2D eigenvalue weighted by Gasteiger charge is 2.11. The van der Waals surface area contributed by atoms with Crippen molar-refractivity contribution in [2.45, 2.75) is 33.4 Å². The van der Waals surface area contributed by atoms with Gasteiger partial charge in [0.25, 0.3) is 0 Å². The van der Waals surface area contributed by atoms with E-state index in [0.29, 0.717) is 36.9 Å². The summed E-state index contributed by atoms with van der Waals surface area (Å²) in [5, 5.41) is 9.14. The van der Waals surface area contributed by atoms with Crippen molar-refractivity contribution in [1.29, 1.82) is 0 Å². The lowest BCUT2D eigenvalue weighted by atomic mass is 10.1. The maximum absolute atomic E-state index is 12.2. The van der Waals surface area contributed by atoms with Crippen LogP contribution in [0, 0.1) is 0 Å². The van der Waals surface area contributed by atoms with Crippen molar-refractivity contribution >= 4 is 5.78 Å². The minimum atomic E-state index is -0.0705. The van der Waals surface area contributed by atoms with Crippen LogP contribution in [0.4, 0.5) is 0 Å². The van der Waals surface area contributed by atoms with E-state index in [0.717, 1.165) is 28.0 Å². The highest BCUT2D eigenvalue weighted by atomic mass is 16.5. The van der Waals surface area contributed by atoms with Crippen molar-refractivity contribution in [3.05, 3.63) is 125 Å². The molecule has 0 aliphatic carbocycles. The summed E-state index contributed by atoms with van der Waals surface area (Å²) in [6.07, 6.45) is 0. The van der Waals surface area contributed by atoms with Crippen molar-refractivity contribution in [3.63, 3.8) is 0 Å². The minimum absolute atomic E-state index is 0.00407. The predicted molar refractivity (Wildman–Crippen MR) is 135 cm³/mol. The lowest BCUT2D eigenvalue weighted by Gasteiger charge is -2.13. The molecule has 0 fully saturated rings. The van der Waals surface area contributed by atoms with Gasteiger partial charge in [-0.05, 0) is 65.6 Å². The maximum Gasteiger partial charge on any atom is 0.163 e. The lowest BCUT2D eigenvalue weighted by molar-refractivity contribution is 0.101. The van der Waals surface area contributed by atoms with Crippen molar-refractivity contribution in [2.24, 2.45) is 0 Å². The molecule has 4 rings (SSSR count). The Labute approximate surface area is 205 Å². The fourth-order valence-electron chi connectivity index (χ4n) is 3.51. The van der Waals surface area contributed by atoms with Crippen LogP contribution < -0.4 is 14.2 Å². The first-order chi connectivity index (χ1) is 17.1. The molecule has 35 heavy (non-hydrogen) atoms. The summed E-state index contributed by atoms with van der Waals surface area (Å²) in [4.78, 5) is 12.2. The summed E-state index contributed by atoms with van der Waals surface area (Å²) in [5.41, 5.74) is 4.31. The predicted octanol–water partition coefficient (Wildman–Crippen LogP) is 6.12. The van der Waals surface area contributed by atoms with E-state index >= 15 is 0 Å². The molecule has 0 unspecified atom stereocenters. The molecule has 0 saturated carbocycles. The molecule has 5 nitrogen and oxygen atoms in total. The van der Waals surface area contributed by atoms with E-state index < -0.39 is 0 Å². The number of ether oxygens (including phenoxy) is 3. The van der Waals surface area contributed by atoms with Gasteiger partial charge in [0.05, 0.1) is 12.2 Å². The van der Waals surface area contributed by atoms with Crippen molar-refractivity contribution in [2.75, 3.05) is 0 Å². The molecular formula is C30H28O5. The van der Waals surface area contributed by atoms with Gasteiger partial charge in [-0.15, -0.1) is 0 Å². The van der Waals surface area contributed by atoms with E-state index in [1.165, 1.54) is 6.92 Å². The van der Waals surface area contributed by atoms with E-state index in [4.69, 9.17) is 19.3 Å². The Kier molecular flexibility index (Phi) is 8.15. The van der Waals surface area contributed by atoms with Crippen LogP contribution in [0.3, 0.4) is 0 Å². The first-order valence-electron chi connectivity index (χ1n) is 11.5. The molecule has 4 aromatic rings. The monoisotopic (exact) mass is 468 g/mol. The molecule has 0 heterocycles. The number of aliphatic hydroxyl groups is 1. The fraction of sp³-hybridized carbons (Fsp3) is 0.167. The first kappa shape index (κ1) is 24.0. The van der Waals surface area contributed by atoms with Gasteiger partial charge in [0.15, 0.2) is 5.78 Å². The van der Waals surface area contributed by atoms with Gasteiger partial charge in [0, 0.05) is 0 Å². The lowest BCUT2D eigenvalue weighted by Crippen LogP contribution is -2.04. The van der Waals surface area contributed by atoms with Gasteiger partial charge >= 0.3 is 0 Å². The second kappa shape index (κ2) is 11.9. The normalized spacial score (nSPS) is 10.6. The topological polar surface area (TPSA) is 65.0 Å². The SMILES string of the molecule is CC(=O)c1cc(COc2ccc(CO)cc2)ccc1OCc1ccc(OCc2ccccc2)cc1. The van der Waals surface area contributed by atoms with Crippen LogP contribution in [0.25, 0.3) is 0 Å². The van der Waals surface area contributed by atoms with Gasteiger partial charge in [-0.2, -0.15) is 0 Å². The summed E-state index contributed by atoms with van der Waals surface area (Å²) in [6, 6.07) is 30.5. The molecule has 0 atom stereocenters. The smallest absolute Gasteiger partial charge is 0.163 e. The molecule has 5 heteroatoms. The molecule has 1 N–H and O–H groups in total. The Morgan fingerprint density at radius 1 is 0.629 bits per heavy atom. The van der Waals surface area contributed by atoms with Crippen LogP contribution in [0.5, 0.6) is 17.2 Å². The Hall–Kier alpha value is -4.09. The van der Waals surface area contributed by atoms with Crippen molar-refractivity contribution in [1.82, 2.24) is 0 Å². The number of hydrogen-bond donors (Lipinski definition) is 1. The minimum Gasteiger partial charge on any atom is -0.489 e. The van der Waals surface area contributed by atoms with Gasteiger partial charge in [0.1, 0.15) is 37.1 Å². The molecule has 0 saturated heterocycles. The van der Waals surface area contributed by atoms with Crippen LogP contribution in [0.2, 0.25) is 0 Å². The summed E-state index contributed by atoms with van der Waals surface area (Å²) < 4.78 is 17.6. The Bertz CT molecular complexity index is 1230. The largest absolute Gasteiger partial charge is 0.489 e. The molecule has 178 valence electrons. The highest BCUT2D eigenvalue weighted by molar-refractivity contribution is 5.97. The van der Waals surface area contributed by atoms with Gasteiger partial charge in [0.2, 0.25) is 0 Å². The molecule has 0 spiro atoms. The van der Waals surface area contributed by atoms with Crippen molar-refractivity contribution in [3.8, 4) is 17.2 Å². The van der Waals surface area contributed by atoms with Crippen LogP contribution >= 0.6 is 0 Å². The number of aliphatic hydroxyl groups excluding tert-OH is 1. The van der Waals surface area contributed by atoms with E-state index in [1.54, 1.807) is 6.07 Å². The van der Waals surface area contributed by atoms with Crippen LogP contribution in [0.1, 0.15) is 39.5 Å². The number of Topliss-reactive ketones (excluding diaryl/α,β-unsaturated/α-hetero) is 1. The zero-order chi connectivity index (χ0) is 24.5. The van der Waals surface area contributed by atoms with Crippen LogP contribution in [-0.4, -0.2) is 10.9 Å². The number of rotatable bonds is 11. The third kappa shape index (κ3) is 6.95. The van der Waals surface area contributed by atoms with E-state index in [9.17, 15) is 4.79 Å². The summed E-state index contributed by atoms with van der Waals surface area (Å²) in [6.45, 7) is 2.70. The molecule has 0 aromatic heterocycles. The zero-order valence-electron chi connectivity index (χ0n) is 19.6. The third-order valence-electron chi connectivity index (χ3n) is 5.50. The first-order valence-corrected chi connectivity index (χ1v) is 11.5. The van der Waals surface area contributed by atoms with E-state index in [2.05, 4.69) is 0 Å². The average Bonchev–Trinajstić information content (AvgIpc) is 2.91. The Morgan fingerprint density at radius 3 is 1.74 bits per heavy atom. The van der Waals surface area contributed by atoms with Gasteiger partial charge in [-0.25, -0.2) is 0 Å². The third-order valence-corrected chi connectivity index (χ3v) is 5.50.